The SMILES string of the molecule is NCCN1CCC(Cc2c[nH]c3ccccc23)CC1. The van der Waals surface area contributed by atoms with Gasteiger partial charge in [-0.15, -0.1) is 0 Å². The van der Waals surface area contributed by atoms with Crippen molar-refractivity contribution in [3.8, 4) is 0 Å². The minimum absolute atomic E-state index is 0.785. The molecule has 0 atom stereocenters. The van der Waals surface area contributed by atoms with E-state index in [1.807, 2.05) is 0 Å². The van der Waals surface area contributed by atoms with Crippen LogP contribution in [0.2, 0.25) is 0 Å². The number of nitrogens with zero attached hydrogens (tertiary/aromatic N) is 1. The average molecular weight is 257 g/mol. The number of piperidine rings is 1. The Bertz CT molecular complexity index is 524. The molecular weight excluding hydrogens is 234 g/mol. The van der Waals surface area contributed by atoms with E-state index in [9.17, 15) is 0 Å². The quantitative estimate of drug-likeness (QED) is 0.883. The van der Waals surface area contributed by atoms with Crippen molar-refractivity contribution in [1.82, 2.24) is 9.88 Å². The Morgan fingerprint density at radius 2 is 2.00 bits per heavy atom. The molecule has 0 aliphatic carbocycles. The molecule has 0 unspecified atom stereocenters. The molecule has 1 aromatic carbocycles. The Morgan fingerprint density at radius 1 is 1.21 bits per heavy atom. The average Bonchev–Trinajstić information content (AvgIpc) is 2.85. The maximum Gasteiger partial charge on any atom is 0.0456 e. The molecule has 2 aromatic rings. The molecule has 3 rings (SSSR count). The van der Waals surface area contributed by atoms with E-state index in [2.05, 4.69) is 40.3 Å². The van der Waals surface area contributed by atoms with Crippen LogP contribution < -0.4 is 5.73 Å². The minimum atomic E-state index is 0.785. The molecule has 3 N–H and O–H groups in total. The number of fused-ring (bicyclic) bond motifs is 1. The van der Waals surface area contributed by atoms with Crippen molar-refractivity contribution in [2.45, 2.75) is 19.3 Å². The smallest absolute Gasteiger partial charge is 0.0456 e. The summed E-state index contributed by atoms with van der Waals surface area (Å²) in [6, 6.07) is 8.60. The number of benzene rings is 1. The van der Waals surface area contributed by atoms with Crippen LogP contribution in [-0.2, 0) is 6.42 Å². The van der Waals surface area contributed by atoms with Crippen LogP contribution in [0.4, 0.5) is 0 Å². The molecule has 3 nitrogen and oxygen atoms in total. The lowest BCUT2D eigenvalue weighted by atomic mass is 9.90. The van der Waals surface area contributed by atoms with Crippen LogP contribution in [-0.4, -0.2) is 36.1 Å². The van der Waals surface area contributed by atoms with Crippen LogP contribution in [0, 0.1) is 5.92 Å². The molecule has 0 spiro atoms. The van der Waals surface area contributed by atoms with Gasteiger partial charge in [0.15, 0.2) is 0 Å². The number of aromatic amines is 1. The molecule has 1 aromatic heterocycles. The van der Waals surface area contributed by atoms with Crippen LogP contribution in [0.15, 0.2) is 30.5 Å². The van der Waals surface area contributed by atoms with Gasteiger partial charge in [-0.25, -0.2) is 0 Å². The molecule has 2 heterocycles. The van der Waals surface area contributed by atoms with Gasteiger partial charge in [-0.1, -0.05) is 18.2 Å². The second-order valence-corrected chi connectivity index (χ2v) is 5.64. The molecule has 1 saturated heterocycles. The lowest BCUT2D eigenvalue weighted by molar-refractivity contribution is 0.188. The van der Waals surface area contributed by atoms with E-state index < -0.39 is 0 Å². The van der Waals surface area contributed by atoms with Crippen molar-refractivity contribution in [3.63, 3.8) is 0 Å². The topological polar surface area (TPSA) is 45.0 Å². The van der Waals surface area contributed by atoms with Gasteiger partial charge in [0, 0.05) is 30.2 Å². The van der Waals surface area contributed by atoms with Gasteiger partial charge in [-0.05, 0) is 49.9 Å². The van der Waals surface area contributed by atoms with E-state index in [4.69, 9.17) is 5.73 Å². The minimum Gasteiger partial charge on any atom is -0.361 e. The fourth-order valence-electron chi connectivity index (χ4n) is 3.21. The molecular formula is C16H23N3. The number of nitrogens with one attached hydrogen (secondary N) is 1. The fraction of sp³-hybridized carbons (Fsp3) is 0.500. The second kappa shape index (κ2) is 5.76. The monoisotopic (exact) mass is 257 g/mol. The number of likely N-dealkylation sites (tertiary alicyclic amines) is 1. The number of H-pyrrole nitrogens is 1. The Labute approximate surface area is 114 Å². The van der Waals surface area contributed by atoms with Gasteiger partial charge in [0.2, 0.25) is 0 Å². The summed E-state index contributed by atoms with van der Waals surface area (Å²) in [7, 11) is 0. The predicted octanol–water partition coefficient (Wildman–Crippen LogP) is 2.38. The van der Waals surface area contributed by atoms with Crippen LogP contribution >= 0.6 is 0 Å². The number of nitrogens with two attached hydrogens (primary N) is 1. The van der Waals surface area contributed by atoms with Crippen molar-refractivity contribution < 1.29 is 0 Å². The zero-order valence-electron chi connectivity index (χ0n) is 11.4. The largest absolute Gasteiger partial charge is 0.361 e. The first-order valence-electron chi connectivity index (χ1n) is 7.34. The molecule has 0 amide bonds. The number of hydrogen-bond acceptors (Lipinski definition) is 2. The summed E-state index contributed by atoms with van der Waals surface area (Å²) in [5, 5.41) is 1.40. The van der Waals surface area contributed by atoms with Crippen molar-refractivity contribution in [3.05, 3.63) is 36.0 Å². The third-order valence-corrected chi connectivity index (χ3v) is 4.34. The fourth-order valence-corrected chi connectivity index (χ4v) is 3.21. The van der Waals surface area contributed by atoms with Crippen molar-refractivity contribution in [2.75, 3.05) is 26.2 Å². The van der Waals surface area contributed by atoms with Gasteiger partial charge in [0.05, 0.1) is 0 Å². The highest BCUT2D eigenvalue weighted by molar-refractivity contribution is 5.83. The van der Waals surface area contributed by atoms with Crippen molar-refractivity contribution >= 4 is 10.9 Å². The number of para-hydroxylation sites is 1. The first kappa shape index (κ1) is 12.7. The van der Waals surface area contributed by atoms with E-state index in [0.29, 0.717) is 0 Å². The Hall–Kier alpha value is -1.32. The summed E-state index contributed by atoms with van der Waals surface area (Å²) in [6.07, 6.45) is 6.01. The maximum atomic E-state index is 5.62. The van der Waals surface area contributed by atoms with Crippen molar-refractivity contribution in [2.24, 2.45) is 11.7 Å². The Balaban J connectivity index is 1.63. The highest BCUT2D eigenvalue weighted by atomic mass is 15.1. The molecule has 102 valence electrons. The number of hydrogen-bond donors (Lipinski definition) is 2. The van der Waals surface area contributed by atoms with Gasteiger partial charge in [-0.3, -0.25) is 0 Å². The summed E-state index contributed by atoms with van der Waals surface area (Å²) in [6.45, 7) is 4.27. The molecule has 0 saturated carbocycles. The summed E-state index contributed by atoms with van der Waals surface area (Å²) >= 11 is 0. The molecule has 1 aliphatic rings. The van der Waals surface area contributed by atoms with Crippen LogP contribution in [0.5, 0.6) is 0 Å². The van der Waals surface area contributed by atoms with Gasteiger partial charge in [-0.2, -0.15) is 0 Å². The Kier molecular flexibility index (Phi) is 3.85. The molecule has 0 radical (unpaired) electrons. The number of rotatable bonds is 4. The third kappa shape index (κ3) is 2.82. The van der Waals surface area contributed by atoms with Gasteiger partial charge < -0.3 is 15.6 Å². The highest BCUT2D eigenvalue weighted by Crippen LogP contribution is 2.25. The van der Waals surface area contributed by atoms with Crippen LogP contribution in [0.25, 0.3) is 10.9 Å². The van der Waals surface area contributed by atoms with E-state index in [0.717, 1.165) is 19.0 Å². The Morgan fingerprint density at radius 3 is 2.79 bits per heavy atom. The normalized spacial score (nSPS) is 18.2. The zero-order valence-corrected chi connectivity index (χ0v) is 11.4. The summed E-state index contributed by atoms with van der Waals surface area (Å²) in [4.78, 5) is 5.87. The van der Waals surface area contributed by atoms with Gasteiger partial charge in [0.25, 0.3) is 0 Å². The molecule has 19 heavy (non-hydrogen) atoms. The van der Waals surface area contributed by atoms with Gasteiger partial charge >= 0.3 is 0 Å². The summed E-state index contributed by atoms with van der Waals surface area (Å²) in [5.41, 5.74) is 8.36. The van der Waals surface area contributed by atoms with Crippen LogP contribution in [0.3, 0.4) is 0 Å². The number of aromatic nitrogens is 1. The molecule has 1 aliphatic heterocycles. The van der Waals surface area contributed by atoms with Crippen molar-refractivity contribution in [1.29, 1.82) is 0 Å². The zero-order chi connectivity index (χ0) is 13.1. The first-order chi connectivity index (χ1) is 9.36. The highest BCUT2D eigenvalue weighted by Gasteiger charge is 2.19. The van der Waals surface area contributed by atoms with E-state index in [1.54, 1.807) is 0 Å². The van der Waals surface area contributed by atoms with E-state index in [1.165, 1.54) is 48.8 Å². The van der Waals surface area contributed by atoms with E-state index >= 15 is 0 Å². The molecule has 1 fully saturated rings. The van der Waals surface area contributed by atoms with Crippen LogP contribution in [0.1, 0.15) is 18.4 Å². The second-order valence-electron chi connectivity index (χ2n) is 5.64. The lowest BCUT2D eigenvalue weighted by Crippen LogP contribution is -2.37. The van der Waals surface area contributed by atoms with E-state index in [-0.39, 0.29) is 0 Å². The predicted molar refractivity (Wildman–Crippen MR) is 80.2 cm³/mol. The molecule has 3 heteroatoms. The standard InChI is InChI=1S/C16H23N3/c17-7-10-19-8-5-13(6-9-19)11-14-12-18-16-4-2-1-3-15(14)16/h1-4,12-13,18H,5-11,17H2. The molecule has 0 bridgehead atoms. The lowest BCUT2D eigenvalue weighted by Gasteiger charge is -2.31. The third-order valence-electron chi connectivity index (χ3n) is 4.34. The maximum absolute atomic E-state index is 5.62. The first-order valence-corrected chi connectivity index (χ1v) is 7.34. The summed E-state index contributed by atoms with van der Waals surface area (Å²) in [5.74, 6) is 0.827. The van der Waals surface area contributed by atoms with Gasteiger partial charge in [0.1, 0.15) is 0 Å². The summed E-state index contributed by atoms with van der Waals surface area (Å²) < 4.78 is 0.